The zero-order chi connectivity index (χ0) is 13.0. The number of aryl methyl sites for hydroxylation is 2. The lowest BCUT2D eigenvalue weighted by Crippen LogP contribution is -2.06. The highest BCUT2D eigenvalue weighted by Crippen LogP contribution is 2.17. The molecular formula is C16H20N2. The van der Waals surface area contributed by atoms with E-state index in [0.29, 0.717) is 0 Å². The number of benzene rings is 2. The third-order valence-corrected chi connectivity index (χ3v) is 3.06. The Labute approximate surface area is 109 Å². The molecule has 0 aromatic heterocycles. The van der Waals surface area contributed by atoms with E-state index in [1.807, 2.05) is 18.2 Å². The Morgan fingerprint density at radius 1 is 1.06 bits per heavy atom. The summed E-state index contributed by atoms with van der Waals surface area (Å²) in [5.74, 6) is 0. The maximum atomic E-state index is 5.74. The quantitative estimate of drug-likeness (QED) is 0.802. The molecule has 3 N–H and O–H groups in total. The molecule has 0 atom stereocenters. The van der Waals surface area contributed by atoms with Crippen LogP contribution in [0.15, 0.2) is 42.5 Å². The second-order valence-corrected chi connectivity index (χ2v) is 4.74. The van der Waals surface area contributed by atoms with Crippen LogP contribution in [0.1, 0.15) is 16.7 Å². The standard InChI is InChI=1S/C16H20N2/c1-12-4-3-5-14(10-12)8-9-18-16-7-6-15(17)11-13(16)2/h3-7,10-11,18H,8-9,17H2,1-2H3. The van der Waals surface area contributed by atoms with Gasteiger partial charge >= 0.3 is 0 Å². The summed E-state index contributed by atoms with van der Waals surface area (Å²) in [4.78, 5) is 0. The van der Waals surface area contributed by atoms with Gasteiger partial charge in [0.2, 0.25) is 0 Å². The van der Waals surface area contributed by atoms with Crippen LogP contribution >= 0.6 is 0 Å². The van der Waals surface area contributed by atoms with Crippen LogP contribution in [0.2, 0.25) is 0 Å². The molecule has 0 aliphatic rings. The Balaban J connectivity index is 1.92. The molecule has 0 spiro atoms. The number of nitrogens with one attached hydrogen (secondary N) is 1. The minimum Gasteiger partial charge on any atom is -0.399 e. The molecule has 0 fully saturated rings. The van der Waals surface area contributed by atoms with E-state index in [-0.39, 0.29) is 0 Å². The van der Waals surface area contributed by atoms with E-state index in [4.69, 9.17) is 5.73 Å². The Kier molecular flexibility index (Phi) is 3.88. The lowest BCUT2D eigenvalue weighted by atomic mass is 10.1. The summed E-state index contributed by atoms with van der Waals surface area (Å²) in [5, 5.41) is 3.45. The smallest absolute Gasteiger partial charge is 0.0371 e. The normalized spacial score (nSPS) is 10.3. The fourth-order valence-electron chi connectivity index (χ4n) is 2.09. The summed E-state index contributed by atoms with van der Waals surface area (Å²) < 4.78 is 0. The molecule has 18 heavy (non-hydrogen) atoms. The summed E-state index contributed by atoms with van der Waals surface area (Å²) in [5.41, 5.74) is 11.6. The maximum Gasteiger partial charge on any atom is 0.0371 e. The van der Waals surface area contributed by atoms with Gasteiger partial charge < -0.3 is 11.1 Å². The van der Waals surface area contributed by atoms with Crippen LogP contribution in [0.5, 0.6) is 0 Å². The third kappa shape index (κ3) is 3.27. The molecule has 0 bridgehead atoms. The minimum absolute atomic E-state index is 0.816. The third-order valence-electron chi connectivity index (χ3n) is 3.06. The number of nitrogen functional groups attached to an aromatic ring is 1. The number of rotatable bonds is 4. The molecule has 2 rings (SSSR count). The highest BCUT2D eigenvalue weighted by molar-refractivity contribution is 5.57. The van der Waals surface area contributed by atoms with Crippen molar-refractivity contribution in [2.24, 2.45) is 0 Å². The molecule has 0 aliphatic heterocycles. The predicted molar refractivity (Wildman–Crippen MR) is 79.0 cm³/mol. The van der Waals surface area contributed by atoms with Crippen molar-refractivity contribution in [1.82, 2.24) is 0 Å². The average Bonchev–Trinajstić information content (AvgIpc) is 2.32. The van der Waals surface area contributed by atoms with Gasteiger partial charge in [-0.3, -0.25) is 0 Å². The molecule has 0 aliphatic carbocycles. The fraction of sp³-hybridized carbons (Fsp3) is 0.250. The molecule has 0 heterocycles. The molecule has 0 saturated carbocycles. The lowest BCUT2D eigenvalue weighted by Gasteiger charge is -2.10. The molecule has 0 radical (unpaired) electrons. The number of hydrogen-bond acceptors (Lipinski definition) is 2. The monoisotopic (exact) mass is 240 g/mol. The van der Waals surface area contributed by atoms with Crippen LogP contribution in [0.25, 0.3) is 0 Å². The first-order valence-corrected chi connectivity index (χ1v) is 6.31. The first-order valence-electron chi connectivity index (χ1n) is 6.31. The zero-order valence-electron chi connectivity index (χ0n) is 11.0. The van der Waals surface area contributed by atoms with Gasteiger partial charge in [-0.2, -0.15) is 0 Å². The summed E-state index contributed by atoms with van der Waals surface area (Å²) in [6.45, 7) is 5.14. The molecule has 2 nitrogen and oxygen atoms in total. The summed E-state index contributed by atoms with van der Waals surface area (Å²) in [6, 6.07) is 14.6. The Morgan fingerprint density at radius 2 is 1.89 bits per heavy atom. The van der Waals surface area contributed by atoms with Crippen molar-refractivity contribution in [3.8, 4) is 0 Å². The van der Waals surface area contributed by atoms with Crippen molar-refractivity contribution >= 4 is 11.4 Å². The van der Waals surface area contributed by atoms with Crippen molar-refractivity contribution in [3.63, 3.8) is 0 Å². The summed E-state index contributed by atoms with van der Waals surface area (Å²) in [7, 11) is 0. The molecule has 0 saturated heterocycles. The molecular weight excluding hydrogens is 220 g/mol. The maximum absolute atomic E-state index is 5.74. The van der Waals surface area contributed by atoms with Gasteiger partial charge in [0.1, 0.15) is 0 Å². The SMILES string of the molecule is Cc1cccc(CCNc2ccc(N)cc2C)c1. The second-order valence-electron chi connectivity index (χ2n) is 4.74. The first-order chi connectivity index (χ1) is 8.65. The van der Waals surface area contributed by atoms with Crippen LogP contribution in [0, 0.1) is 13.8 Å². The molecule has 0 amide bonds. The van der Waals surface area contributed by atoms with Crippen molar-refractivity contribution in [2.45, 2.75) is 20.3 Å². The van der Waals surface area contributed by atoms with E-state index < -0.39 is 0 Å². The number of nitrogens with two attached hydrogens (primary N) is 1. The van der Waals surface area contributed by atoms with E-state index >= 15 is 0 Å². The predicted octanol–water partition coefficient (Wildman–Crippen LogP) is 3.54. The van der Waals surface area contributed by atoms with E-state index in [0.717, 1.165) is 24.3 Å². The highest BCUT2D eigenvalue weighted by atomic mass is 14.9. The molecule has 2 aromatic carbocycles. The van der Waals surface area contributed by atoms with Gasteiger partial charge in [-0.1, -0.05) is 29.8 Å². The van der Waals surface area contributed by atoms with E-state index in [1.54, 1.807) is 0 Å². The van der Waals surface area contributed by atoms with Gasteiger partial charge in [-0.05, 0) is 49.6 Å². The minimum atomic E-state index is 0.816. The Bertz CT molecular complexity index is 532. The second kappa shape index (κ2) is 5.58. The van der Waals surface area contributed by atoms with Crippen molar-refractivity contribution in [1.29, 1.82) is 0 Å². The van der Waals surface area contributed by atoms with Crippen LogP contribution < -0.4 is 11.1 Å². The molecule has 94 valence electrons. The van der Waals surface area contributed by atoms with Gasteiger partial charge in [-0.15, -0.1) is 0 Å². The van der Waals surface area contributed by atoms with Crippen molar-refractivity contribution < 1.29 is 0 Å². The largest absolute Gasteiger partial charge is 0.399 e. The van der Waals surface area contributed by atoms with Gasteiger partial charge in [-0.25, -0.2) is 0 Å². The zero-order valence-corrected chi connectivity index (χ0v) is 11.0. The molecule has 2 aromatic rings. The van der Waals surface area contributed by atoms with Crippen LogP contribution in [-0.2, 0) is 6.42 Å². The number of anilines is 2. The van der Waals surface area contributed by atoms with E-state index in [9.17, 15) is 0 Å². The first kappa shape index (κ1) is 12.5. The highest BCUT2D eigenvalue weighted by Gasteiger charge is 1.98. The topological polar surface area (TPSA) is 38.0 Å². The summed E-state index contributed by atoms with van der Waals surface area (Å²) >= 11 is 0. The van der Waals surface area contributed by atoms with Gasteiger partial charge in [0.25, 0.3) is 0 Å². The number of hydrogen-bond donors (Lipinski definition) is 2. The van der Waals surface area contributed by atoms with Gasteiger partial charge in [0.05, 0.1) is 0 Å². The van der Waals surface area contributed by atoms with Gasteiger partial charge in [0.15, 0.2) is 0 Å². The lowest BCUT2D eigenvalue weighted by molar-refractivity contribution is 1.01. The Hall–Kier alpha value is -1.96. The van der Waals surface area contributed by atoms with E-state index in [1.165, 1.54) is 16.7 Å². The molecule has 2 heteroatoms. The van der Waals surface area contributed by atoms with Crippen LogP contribution in [-0.4, -0.2) is 6.54 Å². The molecule has 0 unspecified atom stereocenters. The Morgan fingerprint density at radius 3 is 2.61 bits per heavy atom. The fourth-order valence-corrected chi connectivity index (χ4v) is 2.09. The van der Waals surface area contributed by atoms with Crippen molar-refractivity contribution in [2.75, 3.05) is 17.6 Å². The van der Waals surface area contributed by atoms with Crippen LogP contribution in [0.4, 0.5) is 11.4 Å². The van der Waals surface area contributed by atoms with Gasteiger partial charge in [0, 0.05) is 17.9 Å². The average molecular weight is 240 g/mol. The van der Waals surface area contributed by atoms with E-state index in [2.05, 4.69) is 43.4 Å². The van der Waals surface area contributed by atoms with Crippen LogP contribution in [0.3, 0.4) is 0 Å². The van der Waals surface area contributed by atoms with Crippen molar-refractivity contribution in [3.05, 3.63) is 59.2 Å². The summed E-state index contributed by atoms with van der Waals surface area (Å²) in [6.07, 6.45) is 1.03.